The van der Waals surface area contributed by atoms with Gasteiger partial charge in [0, 0.05) is 0 Å². The third-order valence-electron chi connectivity index (χ3n) is 2.10. The van der Waals surface area contributed by atoms with E-state index in [4.69, 9.17) is 4.42 Å². The van der Waals surface area contributed by atoms with Crippen molar-refractivity contribution in [1.82, 2.24) is 25.6 Å². The highest BCUT2D eigenvalue weighted by Gasteiger charge is 2.07. The van der Waals surface area contributed by atoms with Crippen LogP contribution in [0.1, 0.15) is 0 Å². The zero-order chi connectivity index (χ0) is 11.7. The molecule has 0 spiro atoms. The fraction of sp³-hybridized carbons (Fsp3) is 0. The molecule has 2 N–H and O–H groups in total. The molecular weight excluding hydrogens is 224 g/mol. The second-order valence-electron chi connectivity index (χ2n) is 3.18. The van der Waals surface area contributed by atoms with Gasteiger partial charge in [-0.25, -0.2) is 4.79 Å². The lowest BCUT2D eigenvalue weighted by molar-refractivity contribution is 0.521. The van der Waals surface area contributed by atoms with Crippen molar-refractivity contribution in [1.29, 1.82) is 0 Å². The standard InChI is InChI=1S/C9H6N6O2/c16-7-5-3-1-2-4-6(5)10-9(17-7)11-8-12-14-15-13-8/h1-4H,(H2,10,11,12,13,14,15). The van der Waals surface area contributed by atoms with E-state index in [0.717, 1.165) is 0 Å². The Hall–Kier alpha value is -2.77. The minimum Gasteiger partial charge on any atom is -0.388 e. The number of fused-ring (bicyclic) bond motifs is 1. The number of anilines is 2. The molecule has 8 nitrogen and oxygen atoms in total. The van der Waals surface area contributed by atoms with Crippen LogP contribution < -0.4 is 10.9 Å². The topological polar surface area (TPSA) is 110 Å². The van der Waals surface area contributed by atoms with Crippen molar-refractivity contribution in [3.63, 3.8) is 0 Å². The van der Waals surface area contributed by atoms with Gasteiger partial charge >= 0.3 is 11.6 Å². The number of aromatic amines is 1. The van der Waals surface area contributed by atoms with Crippen molar-refractivity contribution >= 4 is 22.9 Å². The molecule has 0 fully saturated rings. The van der Waals surface area contributed by atoms with Crippen LogP contribution in [0.4, 0.5) is 12.0 Å². The second kappa shape index (κ2) is 3.67. The Morgan fingerprint density at radius 2 is 2.18 bits per heavy atom. The molecule has 2 heterocycles. The maximum atomic E-state index is 11.6. The molecule has 2 aromatic heterocycles. The van der Waals surface area contributed by atoms with Crippen LogP contribution in [0.5, 0.6) is 0 Å². The average Bonchev–Trinajstić information content (AvgIpc) is 2.82. The zero-order valence-electron chi connectivity index (χ0n) is 8.41. The van der Waals surface area contributed by atoms with E-state index >= 15 is 0 Å². The van der Waals surface area contributed by atoms with Crippen LogP contribution in [0.3, 0.4) is 0 Å². The van der Waals surface area contributed by atoms with Crippen molar-refractivity contribution in [3.8, 4) is 0 Å². The molecule has 0 aliphatic rings. The van der Waals surface area contributed by atoms with E-state index in [1.54, 1.807) is 24.3 Å². The van der Waals surface area contributed by atoms with E-state index in [2.05, 4.69) is 30.9 Å². The van der Waals surface area contributed by atoms with Crippen LogP contribution in [0, 0.1) is 0 Å². The molecular formula is C9H6N6O2. The molecule has 1 aromatic carbocycles. The number of hydrogen-bond donors (Lipinski definition) is 2. The fourth-order valence-corrected chi connectivity index (χ4v) is 1.38. The maximum Gasteiger partial charge on any atom is 0.348 e. The van der Waals surface area contributed by atoms with E-state index in [-0.39, 0.29) is 12.0 Å². The Balaban J connectivity index is 2.10. The molecule has 0 aliphatic heterocycles. The minimum atomic E-state index is -0.471. The van der Waals surface area contributed by atoms with Crippen LogP contribution in [0.15, 0.2) is 33.5 Å². The summed E-state index contributed by atoms with van der Waals surface area (Å²) in [4.78, 5) is 15.7. The van der Waals surface area contributed by atoms with Crippen molar-refractivity contribution in [2.45, 2.75) is 0 Å². The van der Waals surface area contributed by atoms with Gasteiger partial charge in [0.1, 0.15) is 0 Å². The summed E-state index contributed by atoms with van der Waals surface area (Å²) in [5.41, 5.74) is 0.0661. The highest BCUT2D eigenvalue weighted by molar-refractivity contribution is 5.77. The van der Waals surface area contributed by atoms with Gasteiger partial charge < -0.3 is 4.42 Å². The van der Waals surface area contributed by atoms with E-state index in [1.165, 1.54) is 0 Å². The molecule has 17 heavy (non-hydrogen) atoms. The summed E-state index contributed by atoms with van der Waals surface area (Å²) in [5.74, 6) is 0.177. The lowest BCUT2D eigenvalue weighted by Crippen LogP contribution is -2.05. The van der Waals surface area contributed by atoms with Gasteiger partial charge in [0.25, 0.3) is 5.95 Å². The van der Waals surface area contributed by atoms with Gasteiger partial charge in [-0.1, -0.05) is 17.2 Å². The summed E-state index contributed by atoms with van der Waals surface area (Å²) in [5, 5.41) is 16.0. The molecule has 8 heteroatoms. The quantitative estimate of drug-likeness (QED) is 0.657. The first-order valence-electron chi connectivity index (χ1n) is 4.73. The Bertz CT molecular complexity index is 705. The van der Waals surface area contributed by atoms with Gasteiger partial charge in [0.15, 0.2) is 0 Å². The number of benzene rings is 1. The van der Waals surface area contributed by atoms with Gasteiger partial charge in [-0.15, -0.1) is 5.10 Å². The normalized spacial score (nSPS) is 10.6. The molecule has 3 rings (SSSR count). The first-order valence-corrected chi connectivity index (χ1v) is 4.73. The highest BCUT2D eigenvalue weighted by Crippen LogP contribution is 2.12. The third-order valence-corrected chi connectivity index (χ3v) is 2.10. The minimum absolute atomic E-state index is 0.0232. The van der Waals surface area contributed by atoms with Crippen LogP contribution in [0.2, 0.25) is 0 Å². The Labute approximate surface area is 93.7 Å². The number of H-pyrrole nitrogens is 1. The second-order valence-corrected chi connectivity index (χ2v) is 3.18. The first kappa shape index (κ1) is 9.46. The molecule has 0 bridgehead atoms. The number of hydrogen-bond acceptors (Lipinski definition) is 7. The lowest BCUT2D eigenvalue weighted by atomic mass is 10.2. The number of tetrazole rings is 1. The fourth-order valence-electron chi connectivity index (χ4n) is 1.38. The highest BCUT2D eigenvalue weighted by atomic mass is 16.4. The number of aromatic nitrogens is 5. The summed E-state index contributed by atoms with van der Waals surface area (Å²) >= 11 is 0. The monoisotopic (exact) mass is 230 g/mol. The van der Waals surface area contributed by atoms with Gasteiger partial charge in [-0.05, 0) is 17.3 Å². The number of nitrogens with zero attached hydrogens (tertiary/aromatic N) is 4. The molecule has 0 aliphatic carbocycles. The van der Waals surface area contributed by atoms with Crippen molar-refractivity contribution in [2.24, 2.45) is 0 Å². The molecule has 0 radical (unpaired) electrons. The summed E-state index contributed by atoms with van der Waals surface area (Å²) in [6.45, 7) is 0. The zero-order valence-corrected chi connectivity index (χ0v) is 8.41. The van der Waals surface area contributed by atoms with Crippen LogP contribution in [-0.2, 0) is 0 Å². The predicted octanol–water partition coefficient (Wildman–Crippen LogP) is 0.445. The summed E-state index contributed by atoms with van der Waals surface area (Å²) in [6, 6.07) is 6.91. The SMILES string of the molecule is O=c1oc(Nc2nn[nH]n2)nc2ccccc12. The van der Waals surface area contributed by atoms with Gasteiger partial charge in [0.2, 0.25) is 0 Å². The molecule has 0 amide bonds. The van der Waals surface area contributed by atoms with Crippen molar-refractivity contribution < 1.29 is 4.42 Å². The molecule has 0 atom stereocenters. The third kappa shape index (κ3) is 1.71. The average molecular weight is 230 g/mol. The Morgan fingerprint density at radius 3 is 3.00 bits per heavy atom. The van der Waals surface area contributed by atoms with Crippen LogP contribution in [-0.4, -0.2) is 25.6 Å². The largest absolute Gasteiger partial charge is 0.388 e. The van der Waals surface area contributed by atoms with Crippen LogP contribution >= 0.6 is 0 Å². The molecule has 0 saturated heterocycles. The molecule has 3 aromatic rings. The Morgan fingerprint density at radius 1 is 1.29 bits per heavy atom. The summed E-state index contributed by atoms with van der Waals surface area (Å²) in [7, 11) is 0. The van der Waals surface area contributed by atoms with Crippen molar-refractivity contribution in [3.05, 3.63) is 34.7 Å². The lowest BCUT2D eigenvalue weighted by Gasteiger charge is -1.99. The van der Waals surface area contributed by atoms with E-state index in [1.807, 2.05) is 0 Å². The number of nitrogens with one attached hydrogen (secondary N) is 2. The van der Waals surface area contributed by atoms with Gasteiger partial charge in [0.05, 0.1) is 10.9 Å². The summed E-state index contributed by atoms with van der Waals surface area (Å²) in [6.07, 6.45) is 0. The predicted molar refractivity (Wildman–Crippen MR) is 57.7 cm³/mol. The number of rotatable bonds is 2. The van der Waals surface area contributed by atoms with Crippen LogP contribution in [0.25, 0.3) is 10.9 Å². The van der Waals surface area contributed by atoms with Crippen molar-refractivity contribution in [2.75, 3.05) is 5.32 Å². The van der Waals surface area contributed by atoms with E-state index in [0.29, 0.717) is 10.9 Å². The smallest absolute Gasteiger partial charge is 0.348 e. The Kier molecular flexibility index (Phi) is 2.04. The maximum absolute atomic E-state index is 11.6. The first-order chi connectivity index (χ1) is 8.33. The van der Waals surface area contributed by atoms with Gasteiger partial charge in [-0.2, -0.15) is 10.2 Å². The molecule has 0 unspecified atom stereocenters. The summed E-state index contributed by atoms with van der Waals surface area (Å²) < 4.78 is 4.96. The molecule has 84 valence electrons. The van der Waals surface area contributed by atoms with E-state index in [9.17, 15) is 4.79 Å². The van der Waals surface area contributed by atoms with Gasteiger partial charge in [-0.3, -0.25) is 5.32 Å². The molecule has 0 saturated carbocycles. The van der Waals surface area contributed by atoms with E-state index < -0.39 is 5.63 Å². The number of para-hydroxylation sites is 1.